The SMILES string of the molecule is CCn1ncc(Cl)c1C(=O)N1CCc2c(c(C(=O)O)nn2CC(C)C)C1. The second-order valence-electron chi connectivity index (χ2n) is 6.79. The first kappa shape index (κ1) is 18.4. The zero-order valence-electron chi connectivity index (χ0n) is 15.1. The lowest BCUT2D eigenvalue weighted by molar-refractivity contribution is 0.0671. The number of rotatable bonds is 5. The van der Waals surface area contributed by atoms with Crippen molar-refractivity contribution in [2.45, 2.75) is 46.8 Å². The maximum absolute atomic E-state index is 12.9. The summed E-state index contributed by atoms with van der Waals surface area (Å²) in [6, 6.07) is 0. The van der Waals surface area contributed by atoms with Crippen molar-refractivity contribution in [3.05, 3.63) is 33.9 Å². The molecule has 0 saturated carbocycles. The largest absolute Gasteiger partial charge is 0.476 e. The van der Waals surface area contributed by atoms with Gasteiger partial charge in [-0.05, 0) is 12.8 Å². The van der Waals surface area contributed by atoms with Gasteiger partial charge < -0.3 is 10.0 Å². The first-order chi connectivity index (χ1) is 12.3. The second-order valence-corrected chi connectivity index (χ2v) is 7.20. The van der Waals surface area contributed by atoms with Crippen LogP contribution in [0.25, 0.3) is 0 Å². The van der Waals surface area contributed by atoms with Crippen LogP contribution in [-0.4, -0.2) is 48.0 Å². The van der Waals surface area contributed by atoms with Crippen molar-refractivity contribution in [1.82, 2.24) is 24.5 Å². The number of hydrogen-bond acceptors (Lipinski definition) is 4. The van der Waals surface area contributed by atoms with Crippen LogP contribution in [0.5, 0.6) is 0 Å². The summed E-state index contributed by atoms with van der Waals surface area (Å²) < 4.78 is 3.33. The van der Waals surface area contributed by atoms with Crippen LogP contribution >= 0.6 is 11.6 Å². The third kappa shape index (κ3) is 3.21. The van der Waals surface area contributed by atoms with Crippen LogP contribution in [0.3, 0.4) is 0 Å². The lowest BCUT2D eigenvalue weighted by atomic mass is 10.0. The third-order valence-electron chi connectivity index (χ3n) is 4.46. The van der Waals surface area contributed by atoms with Crippen molar-refractivity contribution >= 4 is 23.5 Å². The number of nitrogens with zero attached hydrogens (tertiary/aromatic N) is 5. The lowest BCUT2D eigenvalue weighted by Crippen LogP contribution is -2.38. The topological polar surface area (TPSA) is 93.2 Å². The van der Waals surface area contributed by atoms with E-state index in [1.54, 1.807) is 14.3 Å². The van der Waals surface area contributed by atoms with Gasteiger partial charge >= 0.3 is 5.97 Å². The van der Waals surface area contributed by atoms with Crippen LogP contribution < -0.4 is 0 Å². The van der Waals surface area contributed by atoms with Gasteiger partial charge in [-0.25, -0.2) is 4.79 Å². The van der Waals surface area contributed by atoms with Gasteiger partial charge in [0, 0.05) is 37.3 Å². The maximum Gasteiger partial charge on any atom is 0.356 e. The highest BCUT2D eigenvalue weighted by molar-refractivity contribution is 6.33. The third-order valence-corrected chi connectivity index (χ3v) is 4.74. The zero-order valence-corrected chi connectivity index (χ0v) is 15.8. The minimum atomic E-state index is -1.07. The molecule has 26 heavy (non-hydrogen) atoms. The molecule has 0 radical (unpaired) electrons. The fourth-order valence-corrected chi connectivity index (χ4v) is 3.52. The van der Waals surface area contributed by atoms with Gasteiger partial charge in [-0.3, -0.25) is 14.2 Å². The van der Waals surface area contributed by atoms with Gasteiger partial charge in [-0.15, -0.1) is 0 Å². The van der Waals surface area contributed by atoms with Crippen molar-refractivity contribution in [2.75, 3.05) is 6.54 Å². The van der Waals surface area contributed by atoms with E-state index >= 15 is 0 Å². The number of halogens is 1. The van der Waals surface area contributed by atoms with Gasteiger partial charge in [0.2, 0.25) is 0 Å². The smallest absolute Gasteiger partial charge is 0.356 e. The molecule has 3 rings (SSSR count). The highest BCUT2D eigenvalue weighted by atomic mass is 35.5. The van der Waals surface area contributed by atoms with Crippen molar-refractivity contribution in [1.29, 1.82) is 0 Å². The molecular weight excluding hydrogens is 358 g/mol. The predicted molar refractivity (Wildman–Crippen MR) is 95.4 cm³/mol. The van der Waals surface area contributed by atoms with E-state index in [0.717, 1.165) is 5.69 Å². The number of carbonyl (C=O) groups excluding carboxylic acids is 1. The molecule has 0 aromatic carbocycles. The molecule has 1 amide bonds. The van der Waals surface area contributed by atoms with Gasteiger partial charge in [-0.1, -0.05) is 25.4 Å². The van der Waals surface area contributed by atoms with Gasteiger partial charge in [0.15, 0.2) is 5.69 Å². The molecule has 1 aliphatic rings. The predicted octanol–water partition coefficient (Wildman–Crippen LogP) is 2.31. The Morgan fingerprint density at radius 2 is 2.08 bits per heavy atom. The van der Waals surface area contributed by atoms with Crippen LogP contribution in [0.4, 0.5) is 0 Å². The molecule has 2 aromatic rings. The number of amides is 1. The Hall–Kier alpha value is -2.35. The highest BCUT2D eigenvalue weighted by Gasteiger charge is 2.32. The van der Waals surface area contributed by atoms with E-state index in [0.29, 0.717) is 48.3 Å². The Bertz CT molecular complexity index is 855. The summed E-state index contributed by atoms with van der Waals surface area (Å²) in [4.78, 5) is 26.2. The average Bonchev–Trinajstić information content (AvgIpc) is 3.14. The summed E-state index contributed by atoms with van der Waals surface area (Å²) in [6.45, 7) is 7.87. The Morgan fingerprint density at radius 3 is 2.69 bits per heavy atom. The van der Waals surface area contributed by atoms with Crippen molar-refractivity contribution < 1.29 is 14.7 Å². The molecular formula is C17H22ClN5O3. The number of carbonyl (C=O) groups is 2. The number of hydrogen-bond donors (Lipinski definition) is 1. The maximum atomic E-state index is 12.9. The summed E-state index contributed by atoms with van der Waals surface area (Å²) in [5.41, 5.74) is 1.86. The van der Waals surface area contributed by atoms with Gasteiger partial charge in [0.25, 0.3) is 5.91 Å². The summed E-state index contributed by atoms with van der Waals surface area (Å²) in [5, 5.41) is 18.2. The quantitative estimate of drug-likeness (QED) is 0.860. The molecule has 2 aromatic heterocycles. The standard InChI is InChI=1S/C17H22ClN5O3/c1-4-22-15(12(18)7-19-22)16(24)21-6-5-13-11(9-21)14(17(25)26)20-23(13)8-10(2)3/h7,10H,4-6,8-9H2,1-3H3,(H,25,26). The number of aryl methyl sites for hydroxylation is 1. The highest BCUT2D eigenvalue weighted by Crippen LogP contribution is 2.26. The second kappa shape index (κ2) is 7.11. The molecule has 1 N–H and O–H groups in total. The van der Waals surface area contributed by atoms with E-state index in [-0.39, 0.29) is 18.1 Å². The molecule has 1 aliphatic heterocycles. The Labute approximate surface area is 156 Å². The molecule has 0 saturated heterocycles. The molecule has 8 nitrogen and oxygen atoms in total. The summed E-state index contributed by atoms with van der Waals surface area (Å²) >= 11 is 6.14. The Kier molecular flexibility index (Phi) is 5.04. The molecule has 9 heteroatoms. The Morgan fingerprint density at radius 1 is 1.35 bits per heavy atom. The lowest BCUT2D eigenvalue weighted by Gasteiger charge is -2.28. The molecule has 3 heterocycles. The normalized spacial score (nSPS) is 14.0. The monoisotopic (exact) mass is 379 g/mol. The van der Waals surface area contributed by atoms with Crippen LogP contribution in [0.2, 0.25) is 5.02 Å². The van der Waals surface area contributed by atoms with E-state index in [2.05, 4.69) is 24.0 Å². The van der Waals surface area contributed by atoms with Crippen molar-refractivity contribution in [2.24, 2.45) is 5.92 Å². The van der Waals surface area contributed by atoms with Crippen molar-refractivity contribution in [3.63, 3.8) is 0 Å². The first-order valence-electron chi connectivity index (χ1n) is 8.65. The number of aromatic carboxylic acids is 1. The average molecular weight is 380 g/mol. The van der Waals surface area contributed by atoms with E-state index in [9.17, 15) is 14.7 Å². The molecule has 0 spiro atoms. The molecule has 140 valence electrons. The van der Waals surface area contributed by atoms with E-state index in [1.165, 1.54) is 6.20 Å². The summed E-state index contributed by atoms with van der Waals surface area (Å²) in [6.07, 6.45) is 2.02. The molecule has 0 unspecified atom stereocenters. The summed E-state index contributed by atoms with van der Waals surface area (Å²) in [5.74, 6) is -0.972. The molecule has 0 aliphatic carbocycles. The summed E-state index contributed by atoms with van der Waals surface area (Å²) in [7, 11) is 0. The van der Waals surface area contributed by atoms with Crippen LogP contribution in [0, 0.1) is 5.92 Å². The van der Waals surface area contributed by atoms with E-state index in [1.807, 2.05) is 6.92 Å². The molecule has 0 fully saturated rings. The van der Waals surface area contributed by atoms with Gasteiger partial charge in [0.1, 0.15) is 5.69 Å². The first-order valence-corrected chi connectivity index (χ1v) is 9.03. The fraction of sp³-hybridized carbons (Fsp3) is 0.529. The van der Waals surface area contributed by atoms with Crippen LogP contribution in [0.15, 0.2) is 6.20 Å². The van der Waals surface area contributed by atoms with Gasteiger partial charge in [0.05, 0.1) is 17.8 Å². The van der Waals surface area contributed by atoms with Crippen molar-refractivity contribution in [3.8, 4) is 0 Å². The van der Waals surface area contributed by atoms with Crippen LogP contribution in [-0.2, 0) is 26.1 Å². The fourth-order valence-electron chi connectivity index (χ4n) is 3.30. The van der Waals surface area contributed by atoms with Crippen LogP contribution in [0.1, 0.15) is 53.0 Å². The minimum absolute atomic E-state index is 0.0215. The number of carboxylic acid groups (broad SMARTS) is 1. The van der Waals surface area contributed by atoms with E-state index < -0.39 is 5.97 Å². The number of carboxylic acids is 1. The Balaban J connectivity index is 1.94. The van der Waals surface area contributed by atoms with E-state index in [4.69, 9.17) is 11.6 Å². The minimum Gasteiger partial charge on any atom is -0.476 e. The molecule has 0 bridgehead atoms. The van der Waals surface area contributed by atoms with Gasteiger partial charge in [-0.2, -0.15) is 10.2 Å². The zero-order chi connectivity index (χ0) is 19.0. The number of aromatic nitrogens is 4. The number of fused-ring (bicyclic) bond motifs is 1. The molecule has 0 atom stereocenters.